The lowest BCUT2D eigenvalue weighted by Gasteiger charge is -1.93. The molecule has 0 aromatic rings. The minimum absolute atomic E-state index is 1.08. The summed E-state index contributed by atoms with van der Waals surface area (Å²) in [5.74, 6) is 0. The second-order valence-electron chi connectivity index (χ2n) is 1.71. The van der Waals surface area contributed by atoms with Gasteiger partial charge in [-0.25, -0.2) is 0 Å². The van der Waals surface area contributed by atoms with Crippen LogP contribution in [0, 0.1) is 0 Å². The van der Waals surface area contributed by atoms with Crippen LogP contribution in [0.2, 0.25) is 0 Å². The van der Waals surface area contributed by atoms with Crippen molar-refractivity contribution in [2.75, 3.05) is 13.1 Å². The quantitative estimate of drug-likeness (QED) is 0.431. The highest BCUT2D eigenvalue weighted by Crippen LogP contribution is 1.77. The molecule has 48 valence electrons. The first-order valence-electron chi connectivity index (χ1n) is 3.23. The minimum Gasteiger partial charge on any atom is -0.317 e. The fraction of sp³-hybridized carbons (Fsp3) is 0.714. The molecule has 1 heteroatoms. The molecule has 1 nitrogen and oxygen atoms in total. The average Bonchev–Trinajstić information content (AvgIpc) is 1.81. The normalized spacial score (nSPS) is 10.8. The predicted molar refractivity (Wildman–Crippen MR) is 38.0 cm³/mol. The fourth-order valence-corrected chi connectivity index (χ4v) is 0.529. The lowest BCUT2D eigenvalue weighted by molar-refractivity contribution is 0.726. The van der Waals surface area contributed by atoms with Gasteiger partial charge in [-0.3, -0.25) is 0 Å². The molecule has 0 radical (unpaired) electrons. The molecule has 0 amide bonds. The minimum atomic E-state index is 1.08. The molecule has 0 aromatic heterocycles. The summed E-state index contributed by atoms with van der Waals surface area (Å²) in [7, 11) is 0. The van der Waals surface area contributed by atoms with Gasteiger partial charge >= 0.3 is 0 Å². The van der Waals surface area contributed by atoms with Gasteiger partial charge in [0.05, 0.1) is 0 Å². The molecule has 0 fully saturated rings. The Kier molecular flexibility index (Phi) is 6.45. The van der Waals surface area contributed by atoms with Crippen molar-refractivity contribution in [3.63, 3.8) is 0 Å². The van der Waals surface area contributed by atoms with E-state index in [-0.39, 0.29) is 0 Å². The van der Waals surface area contributed by atoms with E-state index in [1.165, 1.54) is 0 Å². The molecule has 0 rings (SSSR count). The van der Waals surface area contributed by atoms with Crippen molar-refractivity contribution in [2.24, 2.45) is 0 Å². The van der Waals surface area contributed by atoms with E-state index in [2.05, 4.69) is 24.4 Å². The van der Waals surface area contributed by atoms with Gasteiger partial charge in [-0.2, -0.15) is 0 Å². The van der Waals surface area contributed by atoms with Crippen LogP contribution in [0.1, 0.15) is 20.3 Å². The number of allylic oxidation sites excluding steroid dienone is 1. The lowest BCUT2D eigenvalue weighted by atomic mass is 10.4. The van der Waals surface area contributed by atoms with Gasteiger partial charge in [0.15, 0.2) is 0 Å². The Morgan fingerprint density at radius 2 is 2.25 bits per heavy atom. The van der Waals surface area contributed by atoms with E-state index >= 15 is 0 Å². The maximum atomic E-state index is 3.23. The topological polar surface area (TPSA) is 12.0 Å². The van der Waals surface area contributed by atoms with Gasteiger partial charge in [0.25, 0.3) is 0 Å². The Labute approximate surface area is 51.8 Å². The summed E-state index contributed by atoms with van der Waals surface area (Å²) in [6.07, 6.45) is 5.41. The average molecular weight is 113 g/mol. The first-order chi connectivity index (χ1) is 3.91. The predicted octanol–water partition coefficient (Wildman–Crippen LogP) is 1.56. The van der Waals surface area contributed by atoms with E-state index in [4.69, 9.17) is 0 Å². The third kappa shape index (κ3) is 5.70. The Balaban J connectivity index is 2.72. The van der Waals surface area contributed by atoms with Gasteiger partial charge in [0, 0.05) is 0 Å². The van der Waals surface area contributed by atoms with Crippen LogP contribution >= 0.6 is 0 Å². The van der Waals surface area contributed by atoms with E-state index in [0.29, 0.717) is 0 Å². The van der Waals surface area contributed by atoms with Crippen LogP contribution in [-0.2, 0) is 0 Å². The van der Waals surface area contributed by atoms with Crippen LogP contribution in [0.4, 0.5) is 0 Å². The zero-order chi connectivity index (χ0) is 6.24. The van der Waals surface area contributed by atoms with Gasteiger partial charge in [-0.05, 0) is 26.4 Å². The smallest absolute Gasteiger partial charge is 0.00144 e. The van der Waals surface area contributed by atoms with Crippen molar-refractivity contribution in [2.45, 2.75) is 20.3 Å². The van der Waals surface area contributed by atoms with Crippen LogP contribution in [-0.4, -0.2) is 13.1 Å². The summed E-state index contributed by atoms with van der Waals surface area (Å²) in [5.41, 5.74) is 0. The molecule has 0 saturated heterocycles. The number of hydrogen-bond acceptors (Lipinski definition) is 1. The molecule has 1 N–H and O–H groups in total. The molecular weight excluding hydrogens is 98.1 g/mol. The number of nitrogens with one attached hydrogen (secondary N) is 1. The van der Waals surface area contributed by atoms with Gasteiger partial charge in [0.1, 0.15) is 0 Å². The summed E-state index contributed by atoms with van der Waals surface area (Å²) in [6.45, 7) is 6.36. The zero-order valence-electron chi connectivity index (χ0n) is 5.78. The van der Waals surface area contributed by atoms with Gasteiger partial charge < -0.3 is 5.32 Å². The Bertz CT molecular complexity index is 57.4. The zero-order valence-corrected chi connectivity index (χ0v) is 5.78. The third-order valence-corrected chi connectivity index (χ3v) is 0.973. The highest BCUT2D eigenvalue weighted by atomic mass is 14.8. The van der Waals surface area contributed by atoms with Gasteiger partial charge in [-0.1, -0.05) is 19.1 Å². The monoisotopic (exact) mass is 113 g/mol. The highest BCUT2D eigenvalue weighted by molar-refractivity contribution is 4.76. The molecule has 0 aliphatic carbocycles. The standard InChI is InChI=1S/C7H15N/c1-3-5-6-7-8-4-2/h3,5,8H,4,6-7H2,1-2H3. The molecule has 0 unspecified atom stereocenters. The van der Waals surface area contributed by atoms with Crippen LogP contribution in [0.5, 0.6) is 0 Å². The molecule has 8 heavy (non-hydrogen) atoms. The van der Waals surface area contributed by atoms with Crippen molar-refractivity contribution in [1.29, 1.82) is 0 Å². The molecule has 0 aromatic carbocycles. The van der Waals surface area contributed by atoms with Crippen molar-refractivity contribution in [3.05, 3.63) is 12.2 Å². The van der Waals surface area contributed by atoms with Crippen molar-refractivity contribution in [1.82, 2.24) is 5.32 Å². The van der Waals surface area contributed by atoms with Crippen LogP contribution in [0.15, 0.2) is 12.2 Å². The van der Waals surface area contributed by atoms with Crippen LogP contribution in [0.3, 0.4) is 0 Å². The van der Waals surface area contributed by atoms with Crippen molar-refractivity contribution in [3.8, 4) is 0 Å². The second-order valence-corrected chi connectivity index (χ2v) is 1.71. The summed E-state index contributed by atoms with van der Waals surface area (Å²) < 4.78 is 0. The van der Waals surface area contributed by atoms with Crippen LogP contribution in [0.25, 0.3) is 0 Å². The first-order valence-corrected chi connectivity index (χ1v) is 3.23. The van der Waals surface area contributed by atoms with E-state index in [9.17, 15) is 0 Å². The molecule has 0 heterocycles. The van der Waals surface area contributed by atoms with Crippen molar-refractivity contribution < 1.29 is 0 Å². The van der Waals surface area contributed by atoms with Crippen LogP contribution < -0.4 is 5.32 Å². The van der Waals surface area contributed by atoms with Gasteiger partial charge in [0.2, 0.25) is 0 Å². The van der Waals surface area contributed by atoms with E-state index in [1.54, 1.807) is 0 Å². The number of hydrogen-bond donors (Lipinski definition) is 1. The SMILES string of the molecule is CC=CCCNCC. The molecular formula is C7H15N. The summed E-state index contributed by atoms with van der Waals surface area (Å²) in [4.78, 5) is 0. The largest absolute Gasteiger partial charge is 0.317 e. The summed E-state index contributed by atoms with van der Waals surface area (Å²) in [6, 6.07) is 0. The van der Waals surface area contributed by atoms with E-state index in [1.807, 2.05) is 6.92 Å². The Hall–Kier alpha value is -0.300. The molecule has 0 bridgehead atoms. The summed E-state index contributed by atoms with van der Waals surface area (Å²) >= 11 is 0. The molecule has 0 atom stereocenters. The van der Waals surface area contributed by atoms with E-state index in [0.717, 1.165) is 19.5 Å². The Morgan fingerprint density at radius 3 is 2.75 bits per heavy atom. The van der Waals surface area contributed by atoms with E-state index < -0.39 is 0 Å². The highest BCUT2D eigenvalue weighted by Gasteiger charge is 1.75. The second kappa shape index (κ2) is 6.70. The molecule has 0 aliphatic heterocycles. The molecule has 0 aliphatic rings. The third-order valence-electron chi connectivity index (χ3n) is 0.973. The fourth-order valence-electron chi connectivity index (χ4n) is 0.529. The number of rotatable bonds is 4. The molecule has 0 saturated carbocycles. The maximum Gasteiger partial charge on any atom is -0.00144 e. The maximum absolute atomic E-state index is 3.23. The van der Waals surface area contributed by atoms with Crippen molar-refractivity contribution >= 4 is 0 Å². The Morgan fingerprint density at radius 1 is 1.50 bits per heavy atom. The lowest BCUT2D eigenvalue weighted by Crippen LogP contribution is -2.12. The van der Waals surface area contributed by atoms with Gasteiger partial charge in [-0.15, -0.1) is 0 Å². The first kappa shape index (κ1) is 7.70. The molecule has 0 spiro atoms. The summed E-state index contributed by atoms with van der Waals surface area (Å²) in [5, 5.41) is 3.23.